The summed E-state index contributed by atoms with van der Waals surface area (Å²) < 4.78 is 63.5. The topological polar surface area (TPSA) is 86.3 Å². The number of anilines is 1. The lowest BCUT2D eigenvalue weighted by Crippen LogP contribution is -2.16. The zero-order valence-electron chi connectivity index (χ0n) is 21.3. The van der Waals surface area contributed by atoms with Gasteiger partial charge in [0, 0.05) is 11.1 Å². The van der Waals surface area contributed by atoms with Gasteiger partial charge in [0.1, 0.15) is 16.6 Å². The van der Waals surface area contributed by atoms with Crippen molar-refractivity contribution in [2.45, 2.75) is 26.6 Å². The number of ether oxygens (including phenoxy) is 1. The maximum absolute atomic E-state index is 14.2. The molecule has 40 heavy (non-hydrogen) atoms. The third kappa shape index (κ3) is 4.97. The Hall–Kier alpha value is -4.45. The number of benzene rings is 2. The van der Waals surface area contributed by atoms with Crippen molar-refractivity contribution >= 4 is 28.8 Å². The first-order valence-corrected chi connectivity index (χ1v) is 12.3. The Morgan fingerprint density at radius 2 is 1.82 bits per heavy atom. The molecule has 5 aromatic rings. The Morgan fingerprint density at radius 1 is 1.07 bits per heavy atom. The number of halogens is 5. The Morgan fingerprint density at radius 3 is 2.52 bits per heavy atom. The van der Waals surface area contributed by atoms with Gasteiger partial charge in [-0.3, -0.25) is 9.48 Å². The molecule has 0 aliphatic carbocycles. The van der Waals surface area contributed by atoms with Crippen LogP contribution in [0.4, 0.5) is 23.2 Å². The number of aromatic nitrogens is 5. The Bertz CT molecular complexity index is 1760. The number of amides is 1. The van der Waals surface area contributed by atoms with Crippen molar-refractivity contribution in [2.24, 2.45) is 0 Å². The van der Waals surface area contributed by atoms with Crippen molar-refractivity contribution < 1.29 is 27.1 Å². The van der Waals surface area contributed by atoms with E-state index in [-0.39, 0.29) is 22.9 Å². The van der Waals surface area contributed by atoms with Crippen molar-refractivity contribution in [3.05, 3.63) is 93.8 Å². The van der Waals surface area contributed by atoms with Crippen molar-refractivity contribution in [1.82, 2.24) is 24.4 Å². The highest BCUT2D eigenvalue weighted by molar-refractivity contribution is 6.37. The van der Waals surface area contributed by atoms with Crippen LogP contribution in [0.2, 0.25) is 5.02 Å². The number of nitrogens with one attached hydrogen (secondary N) is 1. The van der Waals surface area contributed by atoms with E-state index in [0.29, 0.717) is 38.5 Å². The highest BCUT2D eigenvalue weighted by atomic mass is 35.5. The molecule has 0 radical (unpaired) electrons. The molecule has 0 unspecified atom stereocenters. The van der Waals surface area contributed by atoms with Gasteiger partial charge in [-0.05, 0) is 38.1 Å². The first-order valence-electron chi connectivity index (χ1n) is 11.9. The molecule has 13 heteroatoms. The molecule has 0 spiro atoms. The number of nitrogens with zero attached hydrogens (tertiary/aromatic N) is 5. The average molecular weight is 573 g/mol. The lowest BCUT2D eigenvalue weighted by atomic mass is 10.1. The molecule has 0 aliphatic heterocycles. The van der Waals surface area contributed by atoms with Crippen LogP contribution < -0.4 is 10.1 Å². The zero-order valence-corrected chi connectivity index (χ0v) is 22.1. The van der Waals surface area contributed by atoms with Crippen LogP contribution in [0.3, 0.4) is 0 Å². The number of rotatable bonds is 6. The number of carbonyl (C=O) groups is 1. The molecule has 5 rings (SSSR count). The van der Waals surface area contributed by atoms with E-state index in [0.717, 1.165) is 6.07 Å². The molecule has 0 saturated heterocycles. The molecule has 3 heterocycles. The van der Waals surface area contributed by atoms with Gasteiger partial charge in [0.2, 0.25) is 0 Å². The van der Waals surface area contributed by atoms with Crippen molar-refractivity contribution in [3.63, 3.8) is 0 Å². The molecular formula is C27H21ClF4N6O2. The third-order valence-corrected chi connectivity index (χ3v) is 6.65. The van der Waals surface area contributed by atoms with Gasteiger partial charge in [-0.2, -0.15) is 23.4 Å². The van der Waals surface area contributed by atoms with E-state index < -0.39 is 29.3 Å². The highest BCUT2D eigenvalue weighted by Gasteiger charge is 2.37. The molecule has 0 aliphatic rings. The Kier molecular flexibility index (Phi) is 6.96. The van der Waals surface area contributed by atoms with E-state index >= 15 is 0 Å². The van der Waals surface area contributed by atoms with Gasteiger partial charge in [-0.15, -0.1) is 0 Å². The van der Waals surface area contributed by atoms with E-state index in [9.17, 15) is 22.4 Å². The fraction of sp³-hybridized carbons (Fsp3) is 0.185. The van der Waals surface area contributed by atoms with Crippen molar-refractivity contribution in [2.75, 3.05) is 12.4 Å². The largest absolute Gasteiger partial charge is 0.497 e. The van der Waals surface area contributed by atoms with Gasteiger partial charge in [-0.25, -0.2) is 13.9 Å². The SMILES string of the molecule is COc1cccc(-c2cc(C(F)(F)F)n3nc(C(=O)Nc4c(C)nn(Cc5ccccc5F)c4C)c(Cl)c3n2)c1. The summed E-state index contributed by atoms with van der Waals surface area (Å²) in [5, 5.41) is 10.5. The Balaban J connectivity index is 1.53. The molecular weight excluding hydrogens is 552 g/mol. The lowest BCUT2D eigenvalue weighted by Gasteiger charge is -2.11. The first kappa shape index (κ1) is 27.1. The summed E-state index contributed by atoms with van der Waals surface area (Å²) in [6, 6.07) is 13.4. The second kappa shape index (κ2) is 10.3. The number of methoxy groups -OCH3 is 1. The maximum Gasteiger partial charge on any atom is 0.433 e. The van der Waals surface area contributed by atoms with Gasteiger partial charge in [0.25, 0.3) is 5.91 Å². The van der Waals surface area contributed by atoms with Crippen LogP contribution in [-0.2, 0) is 12.7 Å². The molecule has 3 aromatic heterocycles. The molecule has 2 aromatic carbocycles. The summed E-state index contributed by atoms with van der Waals surface area (Å²) in [4.78, 5) is 17.5. The van der Waals surface area contributed by atoms with E-state index in [4.69, 9.17) is 16.3 Å². The van der Waals surface area contributed by atoms with Crippen LogP contribution in [0, 0.1) is 19.7 Å². The fourth-order valence-electron chi connectivity index (χ4n) is 4.26. The smallest absolute Gasteiger partial charge is 0.433 e. The van der Waals surface area contributed by atoms with E-state index in [1.54, 1.807) is 50.2 Å². The molecule has 8 nitrogen and oxygen atoms in total. The fourth-order valence-corrected chi connectivity index (χ4v) is 4.51. The van der Waals surface area contributed by atoms with E-state index in [1.165, 1.54) is 23.9 Å². The molecule has 1 N–H and O–H groups in total. The number of aryl methyl sites for hydroxylation is 1. The van der Waals surface area contributed by atoms with Crippen LogP contribution in [0.5, 0.6) is 5.75 Å². The van der Waals surface area contributed by atoms with Gasteiger partial charge in [0.15, 0.2) is 17.0 Å². The normalized spacial score (nSPS) is 11.7. The van der Waals surface area contributed by atoms with E-state index in [2.05, 4.69) is 20.5 Å². The second-order valence-corrected chi connectivity index (χ2v) is 9.28. The lowest BCUT2D eigenvalue weighted by molar-refractivity contribution is -0.142. The van der Waals surface area contributed by atoms with Gasteiger partial charge in [0.05, 0.1) is 36.4 Å². The van der Waals surface area contributed by atoms with Gasteiger partial charge >= 0.3 is 6.18 Å². The zero-order chi connectivity index (χ0) is 28.8. The number of carbonyl (C=O) groups excluding carboxylic acids is 1. The van der Waals surface area contributed by atoms with E-state index in [1.807, 2.05) is 0 Å². The van der Waals surface area contributed by atoms with Gasteiger partial charge < -0.3 is 10.1 Å². The van der Waals surface area contributed by atoms with Crippen molar-refractivity contribution in [1.29, 1.82) is 0 Å². The monoisotopic (exact) mass is 572 g/mol. The summed E-state index contributed by atoms with van der Waals surface area (Å²) >= 11 is 6.41. The minimum absolute atomic E-state index is 0.0337. The molecule has 0 atom stereocenters. The minimum atomic E-state index is -4.83. The highest BCUT2D eigenvalue weighted by Crippen LogP contribution is 2.35. The summed E-state index contributed by atoms with van der Waals surface area (Å²) in [5.41, 5.74) is -0.0345. The predicted octanol–water partition coefficient (Wildman–Crippen LogP) is 6.33. The van der Waals surface area contributed by atoms with Crippen LogP contribution in [0.15, 0.2) is 54.6 Å². The average Bonchev–Trinajstić information content (AvgIpc) is 3.39. The quantitative estimate of drug-likeness (QED) is 0.240. The number of hydrogen-bond acceptors (Lipinski definition) is 5. The minimum Gasteiger partial charge on any atom is -0.497 e. The maximum atomic E-state index is 14.2. The second-order valence-electron chi connectivity index (χ2n) is 8.90. The Labute approximate surface area is 230 Å². The number of fused-ring (bicyclic) bond motifs is 1. The summed E-state index contributed by atoms with van der Waals surface area (Å²) in [5.74, 6) is -0.838. The standard InChI is InChI=1S/C27H21ClF4N6O2/c1-14-23(15(2)37(35-14)13-17-7-4-5-10-19(17)29)34-26(39)24-22(28)25-33-20(16-8-6-9-18(11-16)40-3)12-21(27(30,31)32)38(25)36-24/h4-12H,13H2,1-3H3,(H,34,39). The number of alkyl halides is 3. The van der Waals surface area contributed by atoms with Crippen LogP contribution >= 0.6 is 11.6 Å². The third-order valence-electron chi connectivity index (χ3n) is 6.30. The summed E-state index contributed by atoms with van der Waals surface area (Å²) in [7, 11) is 1.43. The first-order chi connectivity index (χ1) is 19.0. The van der Waals surface area contributed by atoms with Gasteiger partial charge in [-0.1, -0.05) is 41.9 Å². The molecule has 0 bridgehead atoms. The molecule has 1 amide bonds. The van der Waals surface area contributed by atoms with Crippen molar-refractivity contribution in [3.8, 4) is 17.0 Å². The van der Waals surface area contributed by atoms with Crippen LogP contribution in [0.1, 0.15) is 33.1 Å². The molecule has 0 saturated carbocycles. The summed E-state index contributed by atoms with van der Waals surface area (Å²) in [6.07, 6.45) is -4.83. The molecule has 0 fully saturated rings. The number of hydrogen-bond donors (Lipinski definition) is 1. The molecule has 206 valence electrons. The van der Waals surface area contributed by atoms with Crippen LogP contribution in [0.25, 0.3) is 16.9 Å². The van der Waals surface area contributed by atoms with Crippen LogP contribution in [-0.4, -0.2) is 37.4 Å². The summed E-state index contributed by atoms with van der Waals surface area (Å²) in [6.45, 7) is 3.41. The predicted molar refractivity (Wildman–Crippen MR) is 140 cm³/mol.